The van der Waals surface area contributed by atoms with E-state index in [9.17, 15) is 0 Å². The van der Waals surface area contributed by atoms with E-state index in [1.165, 1.54) is 0 Å². The van der Waals surface area contributed by atoms with Gasteiger partial charge in [0.25, 0.3) is 0 Å². The highest BCUT2D eigenvalue weighted by Crippen LogP contribution is 2.30. The van der Waals surface area contributed by atoms with Crippen LogP contribution >= 0.6 is 0 Å². The van der Waals surface area contributed by atoms with Gasteiger partial charge in [-0.2, -0.15) is 0 Å². The Morgan fingerprint density at radius 3 is 3.07 bits per heavy atom. The topological polar surface area (TPSA) is 18.5 Å². The van der Waals surface area contributed by atoms with Crippen molar-refractivity contribution in [1.82, 2.24) is 0 Å². The molecule has 0 amide bonds. The van der Waals surface area contributed by atoms with Crippen LogP contribution in [0.5, 0.6) is 11.5 Å². The standard InChI is InChI=1S/C13H10O2/c1-3-8-14-12-7-6-11-5-4-10(2)15-13(11)9-12/h1,4-7,9H,2,8H2. The molecule has 0 radical (unpaired) electrons. The molecule has 1 aliphatic heterocycles. The molecule has 0 saturated carbocycles. The van der Waals surface area contributed by atoms with E-state index in [0.717, 1.165) is 11.3 Å². The summed E-state index contributed by atoms with van der Waals surface area (Å²) in [6.45, 7) is 3.98. The second-order valence-electron chi connectivity index (χ2n) is 3.09. The summed E-state index contributed by atoms with van der Waals surface area (Å²) >= 11 is 0. The van der Waals surface area contributed by atoms with Crippen molar-refractivity contribution in [2.75, 3.05) is 6.61 Å². The van der Waals surface area contributed by atoms with Crippen molar-refractivity contribution in [3.63, 3.8) is 0 Å². The third-order valence-electron chi connectivity index (χ3n) is 2.00. The second-order valence-corrected chi connectivity index (χ2v) is 3.09. The Labute approximate surface area is 88.8 Å². The maximum Gasteiger partial charge on any atom is 0.148 e. The molecule has 74 valence electrons. The predicted molar refractivity (Wildman–Crippen MR) is 59.6 cm³/mol. The molecular weight excluding hydrogens is 188 g/mol. The fourth-order valence-electron chi connectivity index (χ4n) is 1.31. The first kappa shape index (κ1) is 9.42. The van der Waals surface area contributed by atoms with Crippen LogP contribution in [-0.2, 0) is 0 Å². The Balaban J connectivity index is 2.27. The van der Waals surface area contributed by atoms with Gasteiger partial charge in [-0.3, -0.25) is 0 Å². The van der Waals surface area contributed by atoms with E-state index in [1.807, 2.05) is 24.3 Å². The summed E-state index contributed by atoms with van der Waals surface area (Å²) in [4.78, 5) is 0. The third kappa shape index (κ3) is 2.03. The minimum atomic E-state index is 0.259. The number of ether oxygens (including phenoxy) is 2. The van der Waals surface area contributed by atoms with Gasteiger partial charge in [0, 0.05) is 11.6 Å². The van der Waals surface area contributed by atoms with Gasteiger partial charge in [0.1, 0.15) is 23.9 Å². The fraction of sp³-hybridized carbons (Fsp3) is 0.0769. The van der Waals surface area contributed by atoms with Crippen molar-refractivity contribution in [2.45, 2.75) is 0 Å². The van der Waals surface area contributed by atoms with Crippen LogP contribution in [0.15, 0.2) is 36.6 Å². The molecule has 0 bridgehead atoms. The van der Waals surface area contributed by atoms with Gasteiger partial charge >= 0.3 is 0 Å². The number of hydrogen-bond donors (Lipinski definition) is 0. The molecule has 0 saturated heterocycles. The largest absolute Gasteiger partial charge is 0.481 e. The lowest BCUT2D eigenvalue weighted by atomic mass is 10.1. The van der Waals surface area contributed by atoms with E-state index in [2.05, 4.69) is 12.5 Å². The van der Waals surface area contributed by atoms with E-state index in [1.54, 1.807) is 6.07 Å². The summed E-state index contributed by atoms with van der Waals surface area (Å²) in [6, 6.07) is 5.59. The molecule has 0 fully saturated rings. The molecule has 1 heterocycles. The van der Waals surface area contributed by atoms with Crippen LogP contribution in [0.1, 0.15) is 5.56 Å². The molecule has 1 aromatic rings. The lowest BCUT2D eigenvalue weighted by Crippen LogP contribution is -1.99. The SMILES string of the molecule is C#CCOc1ccc2c(c1)OC(=C)C=C2. The Bertz CT molecular complexity index is 464. The first-order chi connectivity index (χ1) is 7.29. The maximum absolute atomic E-state index is 5.44. The van der Waals surface area contributed by atoms with Crippen molar-refractivity contribution in [3.05, 3.63) is 42.2 Å². The minimum Gasteiger partial charge on any atom is -0.481 e. The normalized spacial score (nSPS) is 12.6. The van der Waals surface area contributed by atoms with Gasteiger partial charge in [0.15, 0.2) is 0 Å². The summed E-state index contributed by atoms with van der Waals surface area (Å²) in [6.07, 6.45) is 8.88. The van der Waals surface area contributed by atoms with Gasteiger partial charge in [0.2, 0.25) is 0 Å². The van der Waals surface area contributed by atoms with Gasteiger partial charge in [-0.25, -0.2) is 0 Å². The first-order valence-electron chi connectivity index (χ1n) is 4.55. The van der Waals surface area contributed by atoms with Gasteiger partial charge in [0.05, 0.1) is 0 Å². The van der Waals surface area contributed by atoms with E-state index < -0.39 is 0 Å². The third-order valence-corrected chi connectivity index (χ3v) is 2.00. The lowest BCUT2D eigenvalue weighted by molar-refractivity contribution is 0.365. The van der Waals surface area contributed by atoms with E-state index in [-0.39, 0.29) is 6.61 Å². The summed E-state index contributed by atoms with van der Waals surface area (Å²) in [5.74, 6) is 4.48. The minimum absolute atomic E-state index is 0.259. The summed E-state index contributed by atoms with van der Waals surface area (Å²) < 4.78 is 10.7. The monoisotopic (exact) mass is 198 g/mol. The van der Waals surface area contributed by atoms with Crippen molar-refractivity contribution < 1.29 is 9.47 Å². The van der Waals surface area contributed by atoms with Crippen LogP contribution in [0.25, 0.3) is 6.08 Å². The number of fused-ring (bicyclic) bond motifs is 1. The first-order valence-corrected chi connectivity index (χ1v) is 4.55. The van der Waals surface area contributed by atoms with Gasteiger partial charge < -0.3 is 9.47 Å². The molecule has 2 nitrogen and oxygen atoms in total. The zero-order valence-corrected chi connectivity index (χ0v) is 8.19. The zero-order chi connectivity index (χ0) is 10.7. The molecule has 0 unspecified atom stereocenters. The fourth-order valence-corrected chi connectivity index (χ4v) is 1.31. The van der Waals surface area contributed by atoms with E-state index in [0.29, 0.717) is 11.5 Å². The molecular formula is C13H10O2. The maximum atomic E-state index is 5.44. The molecule has 2 rings (SSSR count). The molecule has 15 heavy (non-hydrogen) atoms. The van der Waals surface area contributed by atoms with Crippen molar-refractivity contribution in [3.8, 4) is 23.8 Å². The van der Waals surface area contributed by atoms with Crippen LogP contribution in [0.4, 0.5) is 0 Å². The average molecular weight is 198 g/mol. The zero-order valence-electron chi connectivity index (χ0n) is 8.19. The number of allylic oxidation sites excluding steroid dienone is 1. The quantitative estimate of drug-likeness (QED) is 0.680. The smallest absolute Gasteiger partial charge is 0.148 e. The molecule has 0 aliphatic carbocycles. The van der Waals surface area contributed by atoms with E-state index in [4.69, 9.17) is 15.9 Å². The van der Waals surface area contributed by atoms with Crippen LogP contribution < -0.4 is 9.47 Å². The predicted octanol–water partition coefficient (Wildman–Crippen LogP) is 2.62. The summed E-state index contributed by atoms with van der Waals surface area (Å²) in [5, 5.41) is 0. The van der Waals surface area contributed by atoms with Crippen LogP contribution in [-0.4, -0.2) is 6.61 Å². The number of terminal acetylenes is 1. The number of rotatable bonds is 2. The van der Waals surface area contributed by atoms with Crippen molar-refractivity contribution in [2.24, 2.45) is 0 Å². The molecule has 0 atom stereocenters. The number of benzene rings is 1. The van der Waals surface area contributed by atoms with Crippen LogP contribution in [0.3, 0.4) is 0 Å². The Morgan fingerprint density at radius 2 is 2.27 bits per heavy atom. The molecule has 2 heteroatoms. The molecule has 0 spiro atoms. The lowest BCUT2D eigenvalue weighted by Gasteiger charge is -2.14. The summed E-state index contributed by atoms with van der Waals surface area (Å²) in [7, 11) is 0. The second kappa shape index (κ2) is 3.93. The van der Waals surface area contributed by atoms with Crippen molar-refractivity contribution in [1.29, 1.82) is 0 Å². The Kier molecular flexibility index (Phi) is 2.47. The molecule has 1 aromatic carbocycles. The van der Waals surface area contributed by atoms with Crippen LogP contribution in [0.2, 0.25) is 0 Å². The van der Waals surface area contributed by atoms with E-state index >= 15 is 0 Å². The number of hydrogen-bond acceptors (Lipinski definition) is 2. The molecule has 0 N–H and O–H groups in total. The van der Waals surface area contributed by atoms with Gasteiger partial charge in [-0.15, -0.1) is 6.42 Å². The van der Waals surface area contributed by atoms with Gasteiger partial charge in [-0.1, -0.05) is 12.5 Å². The molecule has 0 aromatic heterocycles. The average Bonchev–Trinajstić information content (AvgIpc) is 2.25. The highest BCUT2D eigenvalue weighted by Gasteiger charge is 2.08. The highest BCUT2D eigenvalue weighted by atomic mass is 16.5. The van der Waals surface area contributed by atoms with Gasteiger partial charge in [-0.05, 0) is 24.3 Å². The highest BCUT2D eigenvalue weighted by molar-refractivity contribution is 5.63. The Hall–Kier alpha value is -2.14. The Morgan fingerprint density at radius 1 is 1.40 bits per heavy atom. The van der Waals surface area contributed by atoms with Crippen LogP contribution in [0, 0.1) is 12.3 Å². The summed E-state index contributed by atoms with van der Waals surface area (Å²) in [5.41, 5.74) is 1.01. The van der Waals surface area contributed by atoms with Crippen molar-refractivity contribution >= 4 is 6.08 Å². The molecule has 1 aliphatic rings.